The second-order valence-electron chi connectivity index (χ2n) is 5.57. The normalized spacial score (nSPS) is 25.4. The molecular weight excluding hydrogens is 256 g/mol. The van der Waals surface area contributed by atoms with E-state index < -0.39 is 0 Å². The van der Waals surface area contributed by atoms with Gasteiger partial charge in [-0.1, -0.05) is 0 Å². The fourth-order valence-electron chi connectivity index (χ4n) is 2.57. The Morgan fingerprint density at radius 3 is 2.75 bits per heavy atom. The van der Waals surface area contributed by atoms with Crippen LogP contribution in [-0.4, -0.2) is 58.5 Å². The number of morpholine rings is 1. The van der Waals surface area contributed by atoms with Crippen LogP contribution in [0.15, 0.2) is 18.5 Å². The summed E-state index contributed by atoms with van der Waals surface area (Å²) < 4.78 is 7.35. The zero-order valence-corrected chi connectivity index (χ0v) is 12.5. The van der Waals surface area contributed by atoms with Crippen molar-refractivity contribution in [2.24, 2.45) is 0 Å². The van der Waals surface area contributed by atoms with Gasteiger partial charge in [-0.15, -0.1) is 0 Å². The molecule has 1 saturated heterocycles. The van der Waals surface area contributed by atoms with Gasteiger partial charge in [-0.2, -0.15) is 5.10 Å². The lowest BCUT2D eigenvalue weighted by Crippen LogP contribution is -2.52. The summed E-state index contributed by atoms with van der Waals surface area (Å²) in [6.45, 7) is 9.08. The average Bonchev–Trinajstić information content (AvgIpc) is 2.87. The minimum Gasteiger partial charge on any atom is -0.373 e. The molecule has 0 spiro atoms. The van der Waals surface area contributed by atoms with Crippen molar-refractivity contribution in [2.75, 3.05) is 19.6 Å². The van der Waals surface area contributed by atoms with Gasteiger partial charge in [0.2, 0.25) is 5.91 Å². The molecule has 0 bridgehead atoms. The number of amides is 1. The molecule has 1 aromatic rings. The predicted octanol–water partition coefficient (Wildman–Crippen LogP) is 0.497. The van der Waals surface area contributed by atoms with E-state index in [2.05, 4.69) is 36.1 Å². The molecule has 0 radical (unpaired) electrons. The Labute approximate surface area is 120 Å². The SMILES string of the molecule is CC1CN(C(C)CNC(=O)Cn2cccn2)CC(C)O1. The maximum atomic E-state index is 11.8. The van der Waals surface area contributed by atoms with Crippen LogP contribution in [0.4, 0.5) is 0 Å². The summed E-state index contributed by atoms with van der Waals surface area (Å²) in [6, 6.07) is 2.12. The van der Waals surface area contributed by atoms with E-state index in [9.17, 15) is 4.79 Å². The quantitative estimate of drug-likeness (QED) is 0.853. The molecule has 1 N–H and O–H groups in total. The van der Waals surface area contributed by atoms with Crippen LogP contribution in [0.25, 0.3) is 0 Å². The topological polar surface area (TPSA) is 59.4 Å². The van der Waals surface area contributed by atoms with Crippen LogP contribution in [0.1, 0.15) is 20.8 Å². The highest BCUT2D eigenvalue weighted by Gasteiger charge is 2.25. The number of ether oxygens (including phenoxy) is 1. The van der Waals surface area contributed by atoms with E-state index in [0.717, 1.165) is 13.1 Å². The molecule has 6 nitrogen and oxygen atoms in total. The van der Waals surface area contributed by atoms with Gasteiger partial charge in [0, 0.05) is 38.1 Å². The first-order valence-electron chi connectivity index (χ1n) is 7.18. The van der Waals surface area contributed by atoms with E-state index in [1.165, 1.54) is 0 Å². The molecule has 6 heteroatoms. The first kappa shape index (κ1) is 15.0. The lowest BCUT2D eigenvalue weighted by Gasteiger charge is -2.39. The van der Waals surface area contributed by atoms with Crippen LogP contribution in [0.3, 0.4) is 0 Å². The first-order valence-corrected chi connectivity index (χ1v) is 7.18. The van der Waals surface area contributed by atoms with Crippen molar-refractivity contribution in [2.45, 2.75) is 45.6 Å². The third-order valence-corrected chi connectivity index (χ3v) is 3.53. The molecule has 0 saturated carbocycles. The Hall–Kier alpha value is -1.40. The lowest BCUT2D eigenvalue weighted by atomic mass is 10.1. The summed E-state index contributed by atoms with van der Waals surface area (Å²) >= 11 is 0. The van der Waals surface area contributed by atoms with Crippen molar-refractivity contribution < 1.29 is 9.53 Å². The molecule has 1 aromatic heterocycles. The van der Waals surface area contributed by atoms with Crippen molar-refractivity contribution in [3.05, 3.63) is 18.5 Å². The first-order chi connectivity index (χ1) is 9.54. The van der Waals surface area contributed by atoms with Crippen LogP contribution in [0.2, 0.25) is 0 Å². The summed E-state index contributed by atoms with van der Waals surface area (Å²) in [6.07, 6.45) is 3.96. The molecule has 112 valence electrons. The predicted molar refractivity (Wildman–Crippen MR) is 76.3 cm³/mol. The van der Waals surface area contributed by atoms with Gasteiger partial charge in [-0.25, -0.2) is 0 Å². The monoisotopic (exact) mass is 280 g/mol. The number of carbonyl (C=O) groups is 1. The largest absolute Gasteiger partial charge is 0.373 e. The molecule has 1 aliphatic rings. The maximum absolute atomic E-state index is 11.8. The van der Waals surface area contributed by atoms with Gasteiger partial charge in [-0.05, 0) is 26.8 Å². The summed E-state index contributed by atoms with van der Waals surface area (Å²) in [5, 5.41) is 6.99. The number of hydrogen-bond acceptors (Lipinski definition) is 4. The number of aromatic nitrogens is 2. The number of hydrogen-bond donors (Lipinski definition) is 1. The van der Waals surface area contributed by atoms with E-state index >= 15 is 0 Å². The molecule has 1 amide bonds. The van der Waals surface area contributed by atoms with E-state index in [1.54, 1.807) is 17.1 Å². The van der Waals surface area contributed by atoms with Gasteiger partial charge in [0.1, 0.15) is 6.54 Å². The highest BCUT2D eigenvalue weighted by molar-refractivity contribution is 5.75. The van der Waals surface area contributed by atoms with E-state index in [1.807, 2.05) is 6.07 Å². The fraction of sp³-hybridized carbons (Fsp3) is 0.714. The number of carbonyl (C=O) groups excluding carboxylic acids is 1. The molecule has 3 unspecified atom stereocenters. The average molecular weight is 280 g/mol. The number of rotatable bonds is 5. The van der Waals surface area contributed by atoms with Crippen LogP contribution in [0, 0.1) is 0 Å². The Morgan fingerprint density at radius 2 is 2.15 bits per heavy atom. The molecule has 3 atom stereocenters. The van der Waals surface area contributed by atoms with Crippen molar-refractivity contribution in [1.82, 2.24) is 20.0 Å². The molecule has 0 aromatic carbocycles. The second-order valence-corrected chi connectivity index (χ2v) is 5.57. The van der Waals surface area contributed by atoms with Gasteiger partial charge in [0.05, 0.1) is 12.2 Å². The van der Waals surface area contributed by atoms with Crippen LogP contribution in [-0.2, 0) is 16.1 Å². The summed E-state index contributed by atoms with van der Waals surface area (Å²) in [5.74, 6) is -0.00472. The highest BCUT2D eigenvalue weighted by atomic mass is 16.5. The molecule has 20 heavy (non-hydrogen) atoms. The zero-order chi connectivity index (χ0) is 14.5. The number of nitrogens with one attached hydrogen (secondary N) is 1. The zero-order valence-electron chi connectivity index (χ0n) is 12.5. The summed E-state index contributed by atoms with van der Waals surface area (Å²) in [4.78, 5) is 14.2. The van der Waals surface area contributed by atoms with Gasteiger partial charge >= 0.3 is 0 Å². The second kappa shape index (κ2) is 6.85. The Bertz CT molecular complexity index is 411. The molecule has 2 rings (SSSR count). The summed E-state index contributed by atoms with van der Waals surface area (Å²) in [5.41, 5.74) is 0. The van der Waals surface area contributed by atoms with E-state index in [4.69, 9.17) is 4.74 Å². The van der Waals surface area contributed by atoms with Gasteiger partial charge in [0.25, 0.3) is 0 Å². The van der Waals surface area contributed by atoms with Crippen LogP contribution in [0.5, 0.6) is 0 Å². The van der Waals surface area contributed by atoms with Crippen LogP contribution >= 0.6 is 0 Å². The molecule has 2 heterocycles. The number of nitrogens with zero attached hydrogens (tertiary/aromatic N) is 3. The molecule has 1 aliphatic heterocycles. The van der Waals surface area contributed by atoms with E-state index in [-0.39, 0.29) is 24.7 Å². The third kappa shape index (κ3) is 4.31. The Morgan fingerprint density at radius 1 is 1.45 bits per heavy atom. The molecule has 1 fully saturated rings. The van der Waals surface area contributed by atoms with Crippen molar-refractivity contribution in [1.29, 1.82) is 0 Å². The Balaban J connectivity index is 1.74. The highest BCUT2D eigenvalue weighted by Crippen LogP contribution is 2.13. The molecule has 0 aliphatic carbocycles. The standard InChI is InChI=1S/C14H24N4O2/c1-11(17-8-12(2)20-13(3)9-17)7-15-14(19)10-18-6-4-5-16-18/h4-6,11-13H,7-10H2,1-3H3,(H,15,19). The lowest BCUT2D eigenvalue weighted by molar-refractivity contribution is -0.122. The van der Waals surface area contributed by atoms with Crippen molar-refractivity contribution in [3.8, 4) is 0 Å². The van der Waals surface area contributed by atoms with Crippen molar-refractivity contribution >= 4 is 5.91 Å². The molecular formula is C14H24N4O2. The maximum Gasteiger partial charge on any atom is 0.241 e. The smallest absolute Gasteiger partial charge is 0.241 e. The van der Waals surface area contributed by atoms with Gasteiger partial charge < -0.3 is 10.1 Å². The Kier molecular flexibility index (Phi) is 5.14. The van der Waals surface area contributed by atoms with Gasteiger partial charge in [-0.3, -0.25) is 14.4 Å². The van der Waals surface area contributed by atoms with E-state index in [0.29, 0.717) is 12.6 Å². The van der Waals surface area contributed by atoms with Crippen LogP contribution < -0.4 is 5.32 Å². The third-order valence-electron chi connectivity index (χ3n) is 3.53. The van der Waals surface area contributed by atoms with Gasteiger partial charge in [0.15, 0.2) is 0 Å². The summed E-state index contributed by atoms with van der Waals surface area (Å²) in [7, 11) is 0. The minimum atomic E-state index is -0.00472. The van der Waals surface area contributed by atoms with Crippen molar-refractivity contribution in [3.63, 3.8) is 0 Å². The minimum absolute atomic E-state index is 0.00472. The fourth-order valence-corrected chi connectivity index (χ4v) is 2.57.